The Bertz CT molecular complexity index is 1580. The number of para-hydroxylation sites is 1. The van der Waals surface area contributed by atoms with Crippen molar-refractivity contribution in [3.63, 3.8) is 0 Å². The predicted molar refractivity (Wildman–Crippen MR) is 132 cm³/mol. The van der Waals surface area contributed by atoms with E-state index in [1.165, 1.54) is 12.3 Å². The fourth-order valence-electron chi connectivity index (χ4n) is 3.82. The number of halogens is 3. The summed E-state index contributed by atoms with van der Waals surface area (Å²) in [4.78, 5) is 21.3. The van der Waals surface area contributed by atoms with Gasteiger partial charge in [-0.15, -0.1) is 0 Å². The molecule has 0 saturated heterocycles. The van der Waals surface area contributed by atoms with Crippen LogP contribution in [-0.2, 0) is 0 Å². The van der Waals surface area contributed by atoms with Crippen LogP contribution in [0, 0.1) is 11.6 Å². The quantitative estimate of drug-likeness (QED) is 0.281. The number of pyridine rings is 2. The van der Waals surface area contributed by atoms with Gasteiger partial charge >= 0.3 is 0 Å². The number of rotatable bonds is 6. The maximum atomic E-state index is 13.6. The number of carbonyl (C=O) groups excluding carboxylic acids is 1. The molecule has 3 heterocycles. The third-order valence-electron chi connectivity index (χ3n) is 5.52. The first-order chi connectivity index (χ1) is 17.4. The van der Waals surface area contributed by atoms with Crippen LogP contribution < -0.4 is 10.1 Å². The minimum atomic E-state index is -0.996. The summed E-state index contributed by atoms with van der Waals surface area (Å²) in [7, 11) is 0. The number of carbonyl (C=O) groups is 1. The Kier molecular flexibility index (Phi) is 6.30. The summed E-state index contributed by atoms with van der Waals surface area (Å²) in [6.45, 7) is 1.80. The van der Waals surface area contributed by atoms with Gasteiger partial charge in [0.1, 0.15) is 22.7 Å². The van der Waals surface area contributed by atoms with Gasteiger partial charge in [0.2, 0.25) is 0 Å². The van der Waals surface area contributed by atoms with Crippen LogP contribution in [0.2, 0.25) is 5.15 Å². The number of benzene rings is 2. The maximum Gasteiger partial charge on any atom is 0.259 e. The molecular formula is C26H18ClF2N5O2. The first kappa shape index (κ1) is 23.4. The fourth-order valence-corrected chi connectivity index (χ4v) is 4.10. The predicted octanol–water partition coefficient (Wildman–Crippen LogP) is 6.34. The second-order valence-electron chi connectivity index (χ2n) is 7.93. The van der Waals surface area contributed by atoms with E-state index in [9.17, 15) is 13.6 Å². The van der Waals surface area contributed by atoms with Crippen LogP contribution in [0.3, 0.4) is 0 Å². The van der Waals surface area contributed by atoms with Crippen LogP contribution in [0.5, 0.6) is 5.75 Å². The van der Waals surface area contributed by atoms with Gasteiger partial charge in [-0.1, -0.05) is 23.7 Å². The van der Waals surface area contributed by atoms with Crippen LogP contribution in [0.1, 0.15) is 28.9 Å². The average Bonchev–Trinajstić information content (AvgIpc) is 3.27. The Morgan fingerprint density at radius 1 is 1.08 bits per heavy atom. The number of fused-ring (bicyclic) bond motifs is 1. The molecule has 0 bridgehead atoms. The lowest BCUT2D eigenvalue weighted by molar-refractivity contribution is 0.102. The average molecular weight is 506 g/mol. The van der Waals surface area contributed by atoms with Crippen LogP contribution in [0.25, 0.3) is 22.2 Å². The fraction of sp³-hybridized carbons (Fsp3) is 0.0769. The van der Waals surface area contributed by atoms with E-state index < -0.39 is 23.6 Å². The largest absolute Gasteiger partial charge is 0.485 e. The van der Waals surface area contributed by atoms with E-state index in [0.717, 1.165) is 17.7 Å². The molecule has 0 aliphatic carbocycles. The molecule has 180 valence electrons. The second-order valence-corrected chi connectivity index (χ2v) is 8.31. The van der Waals surface area contributed by atoms with Gasteiger partial charge in [0.05, 0.1) is 28.5 Å². The molecule has 0 spiro atoms. The number of hydrogen-bond acceptors (Lipinski definition) is 5. The smallest absolute Gasteiger partial charge is 0.259 e. The van der Waals surface area contributed by atoms with Gasteiger partial charge in [0, 0.05) is 29.4 Å². The lowest BCUT2D eigenvalue weighted by atomic mass is 10.1. The summed E-state index contributed by atoms with van der Waals surface area (Å²) in [5, 5.41) is 10.4. The molecule has 0 aliphatic rings. The van der Waals surface area contributed by atoms with Gasteiger partial charge in [-0.2, -0.15) is 5.10 Å². The highest BCUT2D eigenvalue weighted by Gasteiger charge is 2.23. The van der Waals surface area contributed by atoms with Crippen molar-refractivity contribution < 1.29 is 18.3 Å². The normalized spacial score (nSPS) is 11.9. The van der Waals surface area contributed by atoms with E-state index in [1.54, 1.807) is 49.6 Å². The molecule has 36 heavy (non-hydrogen) atoms. The highest BCUT2D eigenvalue weighted by molar-refractivity contribution is 6.30. The third-order valence-corrected chi connectivity index (χ3v) is 5.80. The lowest BCUT2D eigenvalue weighted by Gasteiger charge is -2.18. The van der Waals surface area contributed by atoms with Crippen molar-refractivity contribution in [3.8, 4) is 17.0 Å². The number of H-pyrrole nitrogens is 1. The van der Waals surface area contributed by atoms with Gasteiger partial charge in [-0.05, 0) is 43.3 Å². The van der Waals surface area contributed by atoms with E-state index >= 15 is 0 Å². The van der Waals surface area contributed by atoms with E-state index in [4.69, 9.17) is 16.3 Å². The van der Waals surface area contributed by atoms with Gasteiger partial charge in [0.25, 0.3) is 5.91 Å². The van der Waals surface area contributed by atoms with E-state index in [2.05, 4.69) is 25.5 Å². The highest BCUT2D eigenvalue weighted by Crippen LogP contribution is 2.35. The van der Waals surface area contributed by atoms with Crippen molar-refractivity contribution in [3.05, 3.63) is 101 Å². The molecule has 3 aromatic heterocycles. The van der Waals surface area contributed by atoms with Crippen molar-refractivity contribution in [2.45, 2.75) is 13.0 Å². The van der Waals surface area contributed by atoms with Crippen LogP contribution in [0.4, 0.5) is 14.5 Å². The van der Waals surface area contributed by atoms with E-state index in [-0.39, 0.29) is 11.1 Å². The highest BCUT2D eigenvalue weighted by atomic mass is 35.5. The maximum absolute atomic E-state index is 13.6. The molecule has 2 N–H and O–H groups in total. The van der Waals surface area contributed by atoms with Crippen molar-refractivity contribution >= 4 is 34.1 Å². The Hall–Kier alpha value is -4.37. The molecule has 1 amide bonds. The number of nitrogens with zero attached hydrogens (tertiary/aromatic N) is 3. The minimum Gasteiger partial charge on any atom is -0.485 e. The zero-order valence-electron chi connectivity index (χ0n) is 18.8. The van der Waals surface area contributed by atoms with Crippen LogP contribution in [0.15, 0.2) is 73.2 Å². The van der Waals surface area contributed by atoms with Gasteiger partial charge in [-0.3, -0.25) is 19.9 Å². The Balaban J connectivity index is 1.40. The SMILES string of the molecule is CC(Oc1ccccc1C(=O)Nc1cnc2cc(F)c(F)cc2c1)c1c(-c2cccnc2)n[nH]c1Cl. The number of ether oxygens (including phenoxy) is 1. The summed E-state index contributed by atoms with van der Waals surface area (Å²) in [6.07, 6.45) is 4.13. The molecule has 0 saturated carbocycles. The molecule has 5 aromatic rings. The first-order valence-electron chi connectivity index (χ1n) is 10.9. The number of aromatic amines is 1. The number of hydrogen-bond donors (Lipinski definition) is 2. The standard InChI is InChI=1S/C26H18ClF2N5O2/c1-14(23-24(33-34-25(23)27)15-5-4-8-30-12-15)36-22-7-3-2-6-18(22)26(35)32-17-9-16-10-19(28)20(29)11-21(16)31-13-17/h2-14H,1H3,(H,32,35)(H,33,34). The molecule has 0 aliphatic heterocycles. The van der Waals surface area contributed by atoms with Gasteiger partial charge in [-0.25, -0.2) is 8.78 Å². The van der Waals surface area contributed by atoms with Gasteiger partial charge in [0.15, 0.2) is 11.6 Å². The molecule has 2 aromatic carbocycles. The number of anilines is 1. The number of aromatic nitrogens is 4. The summed E-state index contributed by atoms with van der Waals surface area (Å²) in [6, 6.07) is 13.9. The first-order valence-corrected chi connectivity index (χ1v) is 11.2. The van der Waals surface area contributed by atoms with Crippen molar-refractivity contribution in [1.82, 2.24) is 20.2 Å². The molecule has 1 atom stereocenters. The molecule has 7 nitrogen and oxygen atoms in total. The molecule has 0 radical (unpaired) electrons. The summed E-state index contributed by atoms with van der Waals surface area (Å²) in [5.41, 5.74) is 2.82. The topological polar surface area (TPSA) is 92.8 Å². The Morgan fingerprint density at radius 3 is 2.69 bits per heavy atom. The van der Waals surface area contributed by atoms with E-state index in [1.807, 2.05) is 6.07 Å². The van der Waals surface area contributed by atoms with Gasteiger partial charge < -0.3 is 10.1 Å². The number of amides is 1. The molecule has 5 rings (SSSR count). The lowest BCUT2D eigenvalue weighted by Crippen LogP contribution is -2.15. The minimum absolute atomic E-state index is 0.261. The van der Waals surface area contributed by atoms with Crippen molar-refractivity contribution in [2.75, 3.05) is 5.32 Å². The van der Waals surface area contributed by atoms with E-state index in [0.29, 0.717) is 33.2 Å². The van der Waals surface area contributed by atoms with Crippen LogP contribution in [-0.4, -0.2) is 26.1 Å². The molecule has 0 fully saturated rings. The number of nitrogens with one attached hydrogen (secondary N) is 2. The molecular weight excluding hydrogens is 488 g/mol. The monoisotopic (exact) mass is 505 g/mol. The Morgan fingerprint density at radius 2 is 1.89 bits per heavy atom. The van der Waals surface area contributed by atoms with Crippen molar-refractivity contribution in [2.24, 2.45) is 0 Å². The Labute approximate surface area is 209 Å². The second kappa shape index (κ2) is 9.71. The summed E-state index contributed by atoms with van der Waals surface area (Å²) in [5.74, 6) is -2.13. The summed E-state index contributed by atoms with van der Waals surface area (Å²) < 4.78 is 33.3. The van der Waals surface area contributed by atoms with Crippen molar-refractivity contribution in [1.29, 1.82) is 0 Å². The molecule has 10 heteroatoms. The molecule has 1 unspecified atom stereocenters. The third kappa shape index (κ3) is 4.60. The summed E-state index contributed by atoms with van der Waals surface area (Å²) >= 11 is 6.38. The van der Waals surface area contributed by atoms with Crippen LogP contribution >= 0.6 is 11.6 Å². The zero-order chi connectivity index (χ0) is 25.2. The zero-order valence-corrected chi connectivity index (χ0v) is 19.6.